The summed E-state index contributed by atoms with van der Waals surface area (Å²) < 4.78 is 0. The maximum Gasteiger partial charge on any atom is 0.269 e. The van der Waals surface area contributed by atoms with Crippen molar-refractivity contribution in [1.29, 1.82) is 0 Å². The van der Waals surface area contributed by atoms with Crippen molar-refractivity contribution in [3.63, 3.8) is 0 Å². The van der Waals surface area contributed by atoms with Crippen LogP contribution in [0, 0.1) is 10.1 Å². The standard InChI is InChI=1S/C7H7N3O3.ClH/c8-9-7(11)5-1-3-6(4-2-5)10(12)13;/h1-4H,8H2,(H,9,11);1H. The number of halogens is 1. The molecule has 0 aromatic heterocycles. The molecule has 0 radical (unpaired) electrons. The van der Waals surface area contributed by atoms with Crippen molar-refractivity contribution in [2.45, 2.75) is 0 Å². The molecule has 0 spiro atoms. The van der Waals surface area contributed by atoms with Gasteiger partial charge >= 0.3 is 0 Å². The largest absolute Gasteiger partial charge is 0.290 e. The second-order valence-corrected chi connectivity index (χ2v) is 2.28. The van der Waals surface area contributed by atoms with Gasteiger partial charge < -0.3 is 0 Å². The second kappa shape index (κ2) is 5.15. The Morgan fingerprint density at radius 1 is 1.36 bits per heavy atom. The molecule has 0 aliphatic rings. The van der Waals surface area contributed by atoms with E-state index in [4.69, 9.17) is 5.84 Å². The van der Waals surface area contributed by atoms with Gasteiger partial charge in [-0.05, 0) is 12.1 Å². The van der Waals surface area contributed by atoms with Crippen LogP contribution in [0.4, 0.5) is 5.69 Å². The number of amides is 1. The highest BCUT2D eigenvalue weighted by atomic mass is 35.5. The first-order chi connectivity index (χ1) is 6.15. The molecule has 1 amide bonds. The lowest BCUT2D eigenvalue weighted by molar-refractivity contribution is -0.384. The summed E-state index contributed by atoms with van der Waals surface area (Å²) in [5, 5.41) is 10.2. The van der Waals surface area contributed by atoms with Gasteiger partial charge in [0, 0.05) is 17.7 Å². The fourth-order valence-electron chi connectivity index (χ4n) is 0.818. The minimum absolute atomic E-state index is 0. The van der Waals surface area contributed by atoms with Gasteiger partial charge in [-0.2, -0.15) is 0 Å². The molecule has 76 valence electrons. The third kappa shape index (κ3) is 2.68. The Balaban J connectivity index is 0.00000169. The molecule has 14 heavy (non-hydrogen) atoms. The van der Waals surface area contributed by atoms with Gasteiger partial charge in [0.05, 0.1) is 4.92 Å². The summed E-state index contributed by atoms with van der Waals surface area (Å²) in [6.07, 6.45) is 0. The lowest BCUT2D eigenvalue weighted by Gasteiger charge is -1.97. The van der Waals surface area contributed by atoms with Gasteiger partial charge in [-0.15, -0.1) is 12.4 Å². The molecule has 1 aromatic rings. The smallest absolute Gasteiger partial charge is 0.269 e. The zero-order valence-electron chi connectivity index (χ0n) is 6.97. The number of nitro benzene ring substituents is 1. The molecule has 1 aromatic carbocycles. The van der Waals surface area contributed by atoms with Crippen molar-refractivity contribution in [3.8, 4) is 0 Å². The Bertz CT molecular complexity index is 339. The van der Waals surface area contributed by atoms with Gasteiger partial charge in [0.25, 0.3) is 11.6 Å². The molecule has 0 aliphatic heterocycles. The van der Waals surface area contributed by atoms with E-state index in [0.717, 1.165) is 0 Å². The lowest BCUT2D eigenvalue weighted by Crippen LogP contribution is -2.29. The van der Waals surface area contributed by atoms with Crippen molar-refractivity contribution < 1.29 is 9.72 Å². The number of benzene rings is 1. The normalized spacial score (nSPS) is 8.64. The van der Waals surface area contributed by atoms with E-state index in [9.17, 15) is 14.9 Å². The molecule has 0 heterocycles. The minimum atomic E-state index is -0.538. The molecular weight excluding hydrogens is 210 g/mol. The molecule has 0 atom stereocenters. The molecule has 0 saturated carbocycles. The highest BCUT2D eigenvalue weighted by Gasteiger charge is 2.07. The van der Waals surface area contributed by atoms with Crippen molar-refractivity contribution in [2.24, 2.45) is 5.84 Å². The maximum absolute atomic E-state index is 10.9. The van der Waals surface area contributed by atoms with E-state index >= 15 is 0 Å². The van der Waals surface area contributed by atoms with Gasteiger partial charge in [0.2, 0.25) is 0 Å². The Labute approximate surface area is 85.6 Å². The highest BCUT2D eigenvalue weighted by Crippen LogP contribution is 2.11. The summed E-state index contributed by atoms with van der Waals surface area (Å²) in [5.74, 6) is 4.39. The average Bonchev–Trinajstić information content (AvgIpc) is 2.17. The molecule has 3 N–H and O–H groups in total. The Morgan fingerprint density at radius 2 is 1.86 bits per heavy atom. The number of nitrogens with zero attached hydrogens (tertiary/aromatic N) is 1. The molecule has 0 saturated heterocycles. The summed E-state index contributed by atoms with van der Waals surface area (Å²) in [4.78, 5) is 20.6. The fraction of sp³-hybridized carbons (Fsp3) is 0. The third-order valence-electron chi connectivity index (χ3n) is 1.47. The first kappa shape index (κ1) is 12.3. The molecule has 6 nitrogen and oxygen atoms in total. The summed E-state index contributed by atoms with van der Waals surface area (Å²) in [6.45, 7) is 0. The van der Waals surface area contributed by atoms with Crippen LogP contribution in [0.25, 0.3) is 0 Å². The number of nitro groups is 1. The third-order valence-corrected chi connectivity index (χ3v) is 1.47. The number of nitrogens with one attached hydrogen (secondary N) is 1. The second-order valence-electron chi connectivity index (χ2n) is 2.28. The summed E-state index contributed by atoms with van der Waals surface area (Å²) in [7, 11) is 0. The van der Waals surface area contributed by atoms with E-state index in [0.29, 0.717) is 0 Å². The summed E-state index contributed by atoms with van der Waals surface area (Å²) >= 11 is 0. The number of rotatable bonds is 2. The van der Waals surface area contributed by atoms with E-state index in [1.165, 1.54) is 24.3 Å². The van der Waals surface area contributed by atoms with Crippen molar-refractivity contribution in [1.82, 2.24) is 5.43 Å². The Kier molecular flexibility index (Phi) is 4.54. The van der Waals surface area contributed by atoms with Gasteiger partial charge in [0.15, 0.2) is 0 Å². The van der Waals surface area contributed by atoms with E-state index in [1.54, 1.807) is 0 Å². The number of carbonyl (C=O) groups excluding carboxylic acids is 1. The van der Waals surface area contributed by atoms with Crippen LogP contribution in [0.3, 0.4) is 0 Å². The fourth-order valence-corrected chi connectivity index (χ4v) is 0.818. The van der Waals surface area contributed by atoms with Gasteiger partial charge in [-0.25, -0.2) is 5.84 Å². The Hall–Kier alpha value is -1.66. The van der Waals surface area contributed by atoms with Crippen LogP contribution in [0.2, 0.25) is 0 Å². The average molecular weight is 218 g/mol. The Morgan fingerprint density at radius 3 is 2.21 bits per heavy atom. The number of hydrazine groups is 1. The highest BCUT2D eigenvalue weighted by molar-refractivity contribution is 5.93. The molecule has 0 aliphatic carbocycles. The maximum atomic E-state index is 10.9. The number of hydrogen-bond acceptors (Lipinski definition) is 4. The molecule has 0 bridgehead atoms. The molecule has 7 heteroatoms. The van der Waals surface area contributed by atoms with E-state index in [-0.39, 0.29) is 23.7 Å². The first-order valence-electron chi connectivity index (χ1n) is 3.40. The van der Waals surface area contributed by atoms with Crippen LogP contribution in [0.15, 0.2) is 24.3 Å². The van der Waals surface area contributed by atoms with Gasteiger partial charge in [0.1, 0.15) is 0 Å². The quantitative estimate of drug-likeness (QED) is 0.328. The predicted octanol–water partition coefficient (Wildman–Crippen LogP) is 0.620. The molecule has 0 unspecified atom stereocenters. The zero-order valence-corrected chi connectivity index (χ0v) is 7.78. The minimum Gasteiger partial charge on any atom is -0.290 e. The topological polar surface area (TPSA) is 98.3 Å². The van der Waals surface area contributed by atoms with Crippen molar-refractivity contribution >= 4 is 24.0 Å². The molecule has 1 rings (SSSR count). The first-order valence-corrected chi connectivity index (χ1v) is 3.40. The van der Waals surface area contributed by atoms with E-state index in [2.05, 4.69) is 0 Å². The monoisotopic (exact) mass is 217 g/mol. The van der Waals surface area contributed by atoms with Gasteiger partial charge in [-0.1, -0.05) is 0 Å². The lowest BCUT2D eigenvalue weighted by atomic mass is 10.2. The van der Waals surface area contributed by atoms with Crippen molar-refractivity contribution in [3.05, 3.63) is 39.9 Å². The van der Waals surface area contributed by atoms with Crippen LogP contribution in [-0.4, -0.2) is 10.8 Å². The van der Waals surface area contributed by atoms with E-state index in [1.807, 2.05) is 5.43 Å². The summed E-state index contributed by atoms with van der Waals surface area (Å²) in [6, 6.07) is 5.15. The molecule has 0 fully saturated rings. The number of nitrogens with two attached hydrogens (primary N) is 1. The van der Waals surface area contributed by atoms with Crippen LogP contribution in [-0.2, 0) is 0 Å². The molecular formula is C7H8ClN3O3. The SMILES string of the molecule is Cl.NNC(=O)c1ccc([N+](=O)[O-])cc1. The zero-order chi connectivity index (χ0) is 9.84. The van der Waals surface area contributed by atoms with Crippen LogP contribution >= 0.6 is 12.4 Å². The number of nitrogen functional groups attached to an aromatic ring is 1. The predicted molar refractivity (Wildman–Crippen MR) is 52.0 cm³/mol. The van der Waals surface area contributed by atoms with Gasteiger partial charge in [-0.3, -0.25) is 20.3 Å². The number of hydrogen-bond donors (Lipinski definition) is 2. The van der Waals surface area contributed by atoms with Crippen molar-refractivity contribution in [2.75, 3.05) is 0 Å². The summed E-state index contributed by atoms with van der Waals surface area (Å²) in [5.41, 5.74) is 2.14. The number of non-ortho nitro benzene ring substituents is 1. The van der Waals surface area contributed by atoms with Crippen LogP contribution < -0.4 is 11.3 Å². The van der Waals surface area contributed by atoms with E-state index < -0.39 is 10.8 Å². The van der Waals surface area contributed by atoms with Crippen LogP contribution in [0.5, 0.6) is 0 Å². The number of carbonyl (C=O) groups is 1. The van der Waals surface area contributed by atoms with Crippen LogP contribution in [0.1, 0.15) is 10.4 Å².